The molecule has 1 aromatic heterocycles. The number of nitrogens with zero attached hydrogens (tertiary/aromatic N) is 1. The Morgan fingerprint density at radius 3 is 2.94 bits per heavy atom. The van der Waals surface area contributed by atoms with E-state index in [0.717, 1.165) is 18.5 Å². The number of hydrogen-bond acceptors (Lipinski definition) is 2. The zero-order chi connectivity index (χ0) is 12.4. The first-order chi connectivity index (χ1) is 8.83. The number of hydrogen-bond donors (Lipinski definition) is 1. The third-order valence-corrected chi connectivity index (χ3v) is 4.28. The molecular weight excluding hydrogens is 220 g/mol. The summed E-state index contributed by atoms with van der Waals surface area (Å²) in [6, 6.07) is 10.6. The summed E-state index contributed by atoms with van der Waals surface area (Å²) in [4.78, 5) is 4.44. The van der Waals surface area contributed by atoms with Gasteiger partial charge >= 0.3 is 0 Å². The lowest BCUT2D eigenvalue weighted by atomic mass is 9.86. The minimum atomic E-state index is 0.310. The summed E-state index contributed by atoms with van der Waals surface area (Å²) in [5.41, 5.74) is 2.85. The number of aromatic nitrogens is 1. The summed E-state index contributed by atoms with van der Waals surface area (Å²) in [6.45, 7) is 3.46. The van der Waals surface area contributed by atoms with Gasteiger partial charge < -0.3 is 5.32 Å². The van der Waals surface area contributed by atoms with Crippen molar-refractivity contribution in [2.45, 2.75) is 38.1 Å². The monoisotopic (exact) mass is 240 g/mol. The first-order valence-corrected chi connectivity index (χ1v) is 6.91. The van der Waals surface area contributed by atoms with Crippen LogP contribution in [0.2, 0.25) is 0 Å². The summed E-state index contributed by atoms with van der Waals surface area (Å²) in [6.07, 6.45) is 6.85. The van der Waals surface area contributed by atoms with Crippen molar-refractivity contribution in [3.8, 4) is 0 Å². The van der Waals surface area contributed by atoms with Crippen molar-refractivity contribution in [2.24, 2.45) is 0 Å². The van der Waals surface area contributed by atoms with Crippen molar-refractivity contribution < 1.29 is 0 Å². The third-order valence-electron chi connectivity index (χ3n) is 4.28. The first kappa shape index (κ1) is 11.7. The van der Waals surface area contributed by atoms with Crippen LogP contribution in [0.25, 0.3) is 10.9 Å². The molecule has 1 N–H and O–H groups in total. The first-order valence-electron chi connectivity index (χ1n) is 6.91. The quantitative estimate of drug-likeness (QED) is 0.890. The highest BCUT2D eigenvalue weighted by Gasteiger charge is 2.31. The summed E-state index contributed by atoms with van der Waals surface area (Å²) in [5, 5.41) is 5.02. The molecule has 0 saturated carbocycles. The molecule has 1 saturated heterocycles. The van der Waals surface area contributed by atoms with Crippen molar-refractivity contribution in [1.29, 1.82) is 0 Å². The Morgan fingerprint density at radius 2 is 2.17 bits per heavy atom. The average Bonchev–Trinajstić information content (AvgIpc) is 2.88. The van der Waals surface area contributed by atoms with Crippen molar-refractivity contribution in [1.82, 2.24) is 10.3 Å². The predicted octanol–water partition coefficient (Wildman–Crippen LogP) is 3.31. The molecule has 0 radical (unpaired) electrons. The Morgan fingerprint density at radius 1 is 1.28 bits per heavy atom. The molecule has 0 bridgehead atoms. The number of fused-ring (bicyclic) bond motifs is 1. The topological polar surface area (TPSA) is 24.9 Å². The van der Waals surface area contributed by atoms with Crippen LogP contribution in [0.5, 0.6) is 0 Å². The van der Waals surface area contributed by atoms with E-state index in [-0.39, 0.29) is 0 Å². The van der Waals surface area contributed by atoms with Crippen LogP contribution in [0, 0.1) is 0 Å². The fraction of sp³-hybridized carbons (Fsp3) is 0.438. The maximum atomic E-state index is 4.44. The number of rotatable bonds is 3. The minimum Gasteiger partial charge on any atom is -0.311 e. The van der Waals surface area contributed by atoms with Crippen LogP contribution >= 0.6 is 0 Å². The van der Waals surface area contributed by atoms with Crippen LogP contribution in [0.3, 0.4) is 0 Å². The Kier molecular flexibility index (Phi) is 3.04. The molecule has 2 nitrogen and oxygen atoms in total. The molecule has 3 rings (SSSR count). The molecule has 94 valence electrons. The molecule has 0 spiro atoms. The second kappa shape index (κ2) is 4.69. The van der Waals surface area contributed by atoms with E-state index >= 15 is 0 Å². The van der Waals surface area contributed by atoms with E-state index in [1.54, 1.807) is 0 Å². The molecule has 2 heterocycles. The van der Waals surface area contributed by atoms with Crippen molar-refractivity contribution in [3.63, 3.8) is 0 Å². The van der Waals surface area contributed by atoms with Gasteiger partial charge in [0.2, 0.25) is 0 Å². The van der Waals surface area contributed by atoms with Crippen molar-refractivity contribution in [3.05, 3.63) is 42.1 Å². The Bertz CT molecular complexity index is 536. The molecule has 1 aliphatic heterocycles. The minimum absolute atomic E-state index is 0.310. The van der Waals surface area contributed by atoms with Crippen LogP contribution in [-0.4, -0.2) is 17.1 Å². The maximum absolute atomic E-state index is 4.44. The zero-order valence-corrected chi connectivity index (χ0v) is 10.9. The maximum Gasteiger partial charge on any atom is 0.0704 e. The van der Waals surface area contributed by atoms with Crippen molar-refractivity contribution in [2.75, 3.05) is 6.54 Å². The van der Waals surface area contributed by atoms with Gasteiger partial charge in [0.25, 0.3) is 0 Å². The van der Waals surface area contributed by atoms with Gasteiger partial charge in [-0.05, 0) is 49.9 Å². The van der Waals surface area contributed by atoms with Gasteiger partial charge in [0.05, 0.1) is 5.52 Å². The molecule has 0 amide bonds. The van der Waals surface area contributed by atoms with Crippen LogP contribution in [0.1, 0.15) is 31.7 Å². The molecule has 1 atom stereocenters. The molecule has 18 heavy (non-hydrogen) atoms. The molecule has 1 aliphatic rings. The molecular formula is C16H20N2. The third kappa shape index (κ3) is 2.01. The van der Waals surface area contributed by atoms with Crippen LogP contribution in [0.15, 0.2) is 36.5 Å². The Hall–Kier alpha value is -1.41. The van der Waals surface area contributed by atoms with E-state index in [1.165, 1.54) is 30.2 Å². The standard InChI is InChI=1S/C16H20N2/c1-2-16(9-5-10-18-16)12-13-8-11-17-15-7-4-3-6-14(13)15/h3-4,6-8,11,18H,2,5,9-10,12H2,1H3. The fourth-order valence-electron chi connectivity index (χ4n) is 3.12. The second-order valence-electron chi connectivity index (χ2n) is 5.33. The van der Waals surface area contributed by atoms with Gasteiger partial charge in [-0.2, -0.15) is 0 Å². The summed E-state index contributed by atoms with van der Waals surface area (Å²) in [5.74, 6) is 0. The Balaban J connectivity index is 1.99. The van der Waals surface area contributed by atoms with Gasteiger partial charge in [-0.25, -0.2) is 0 Å². The van der Waals surface area contributed by atoms with E-state index in [2.05, 4.69) is 47.6 Å². The van der Waals surface area contributed by atoms with E-state index in [9.17, 15) is 0 Å². The predicted molar refractivity (Wildman–Crippen MR) is 75.7 cm³/mol. The molecule has 1 aromatic carbocycles. The van der Waals surface area contributed by atoms with Crippen LogP contribution < -0.4 is 5.32 Å². The summed E-state index contributed by atoms with van der Waals surface area (Å²) in [7, 11) is 0. The molecule has 2 aromatic rings. The normalized spacial score (nSPS) is 23.6. The molecule has 1 fully saturated rings. The van der Waals surface area contributed by atoms with E-state index in [1.807, 2.05) is 6.20 Å². The lowest BCUT2D eigenvalue weighted by Gasteiger charge is -2.28. The van der Waals surface area contributed by atoms with E-state index in [0.29, 0.717) is 5.54 Å². The van der Waals surface area contributed by atoms with Crippen LogP contribution in [-0.2, 0) is 6.42 Å². The van der Waals surface area contributed by atoms with E-state index < -0.39 is 0 Å². The van der Waals surface area contributed by atoms with Gasteiger partial charge in [0.1, 0.15) is 0 Å². The highest BCUT2D eigenvalue weighted by atomic mass is 15.0. The summed E-state index contributed by atoms with van der Waals surface area (Å²) >= 11 is 0. The van der Waals surface area contributed by atoms with Gasteiger partial charge in [-0.3, -0.25) is 4.98 Å². The second-order valence-corrected chi connectivity index (χ2v) is 5.33. The highest BCUT2D eigenvalue weighted by Crippen LogP contribution is 2.29. The Labute approximate surface area is 108 Å². The average molecular weight is 240 g/mol. The molecule has 0 aliphatic carbocycles. The number of benzene rings is 1. The SMILES string of the molecule is CCC1(Cc2ccnc3ccccc23)CCCN1. The van der Waals surface area contributed by atoms with Gasteiger partial charge in [-0.1, -0.05) is 25.1 Å². The summed E-state index contributed by atoms with van der Waals surface area (Å²) < 4.78 is 0. The fourth-order valence-corrected chi connectivity index (χ4v) is 3.12. The van der Waals surface area contributed by atoms with Gasteiger partial charge in [0, 0.05) is 17.1 Å². The van der Waals surface area contributed by atoms with Gasteiger partial charge in [0.15, 0.2) is 0 Å². The van der Waals surface area contributed by atoms with E-state index in [4.69, 9.17) is 0 Å². The highest BCUT2D eigenvalue weighted by molar-refractivity contribution is 5.81. The number of nitrogens with one attached hydrogen (secondary N) is 1. The largest absolute Gasteiger partial charge is 0.311 e. The van der Waals surface area contributed by atoms with Crippen LogP contribution in [0.4, 0.5) is 0 Å². The lowest BCUT2D eigenvalue weighted by molar-refractivity contribution is 0.361. The van der Waals surface area contributed by atoms with Crippen molar-refractivity contribution >= 4 is 10.9 Å². The number of para-hydroxylation sites is 1. The smallest absolute Gasteiger partial charge is 0.0704 e. The number of pyridine rings is 1. The molecule has 1 unspecified atom stereocenters. The zero-order valence-electron chi connectivity index (χ0n) is 10.9. The molecule has 2 heteroatoms. The van der Waals surface area contributed by atoms with Gasteiger partial charge in [-0.15, -0.1) is 0 Å². The lowest BCUT2D eigenvalue weighted by Crippen LogP contribution is -2.41.